The summed E-state index contributed by atoms with van der Waals surface area (Å²) in [6.45, 7) is 5.41. The van der Waals surface area contributed by atoms with Crippen LogP contribution in [0.15, 0.2) is 42.5 Å². The largest absolute Gasteiger partial charge is 0.481 e. The Bertz CT molecular complexity index is 1020. The summed E-state index contributed by atoms with van der Waals surface area (Å²) in [7, 11) is -1.90. The Morgan fingerprint density at radius 1 is 1.13 bits per heavy atom. The second kappa shape index (κ2) is 9.62. The Morgan fingerprint density at radius 3 is 2.30 bits per heavy atom. The van der Waals surface area contributed by atoms with Gasteiger partial charge in [0.15, 0.2) is 6.10 Å². The number of carbonyl (C=O) groups excluding carboxylic acids is 2. The number of amides is 1. The SMILES string of the molecule is CCOC(=O)c1ccc(NC(=O)[C@@H](C)Oc2ccc(N(C)S(C)(=O)=O)cc2)c(C)c1. The molecule has 162 valence electrons. The van der Waals surface area contributed by atoms with Crippen molar-refractivity contribution in [1.29, 1.82) is 0 Å². The molecule has 0 radical (unpaired) electrons. The van der Waals surface area contributed by atoms with Crippen LogP contribution in [0.4, 0.5) is 11.4 Å². The smallest absolute Gasteiger partial charge is 0.338 e. The maximum atomic E-state index is 12.5. The molecule has 2 rings (SSSR count). The number of esters is 1. The van der Waals surface area contributed by atoms with Gasteiger partial charge in [-0.1, -0.05) is 0 Å². The quantitative estimate of drug-likeness (QED) is 0.641. The van der Waals surface area contributed by atoms with Gasteiger partial charge in [0.25, 0.3) is 5.91 Å². The number of benzene rings is 2. The van der Waals surface area contributed by atoms with Crippen molar-refractivity contribution in [2.75, 3.05) is 29.5 Å². The molecule has 0 saturated carbocycles. The molecule has 0 heterocycles. The van der Waals surface area contributed by atoms with Crippen molar-refractivity contribution in [3.8, 4) is 5.75 Å². The third-order valence-electron chi connectivity index (χ3n) is 4.38. The van der Waals surface area contributed by atoms with Gasteiger partial charge in [-0.05, 0) is 68.8 Å². The van der Waals surface area contributed by atoms with Gasteiger partial charge in [0, 0.05) is 12.7 Å². The van der Waals surface area contributed by atoms with Gasteiger partial charge in [-0.15, -0.1) is 0 Å². The highest BCUT2D eigenvalue weighted by Gasteiger charge is 2.17. The summed E-state index contributed by atoms with van der Waals surface area (Å²) in [6.07, 6.45) is 0.318. The van der Waals surface area contributed by atoms with Gasteiger partial charge in [0.2, 0.25) is 10.0 Å². The number of nitrogens with zero attached hydrogens (tertiary/aromatic N) is 1. The van der Waals surface area contributed by atoms with E-state index in [1.165, 1.54) is 7.05 Å². The minimum atomic E-state index is -3.36. The van der Waals surface area contributed by atoms with Gasteiger partial charge >= 0.3 is 5.97 Å². The van der Waals surface area contributed by atoms with Crippen molar-refractivity contribution in [2.24, 2.45) is 0 Å². The van der Waals surface area contributed by atoms with E-state index in [-0.39, 0.29) is 12.5 Å². The zero-order chi connectivity index (χ0) is 22.5. The minimum Gasteiger partial charge on any atom is -0.481 e. The Labute approximate surface area is 176 Å². The molecule has 0 saturated heterocycles. The summed E-state index contributed by atoms with van der Waals surface area (Å²) in [5, 5.41) is 2.77. The molecular formula is C21H26N2O6S. The third-order valence-corrected chi connectivity index (χ3v) is 5.58. The lowest BCUT2D eigenvalue weighted by molar-refractivity contribution is -0.122. The van der Waals surface area contributed by atoms with Gasteiger partial charge in [-0.25, -0.2) is 13.2 Å². The predicted octanol–water partition coefficient (Wildman–Crippen LogP) is 2.97. The van der Waals surface area contributed by atoms with Crippen LogP contribution in [-0.2, 0) is 19.6 Å². The van der Waals surface area contributed by atoms with E-state index in [0.717, 1.165) is 10.6 Å². The number of aryl methyl sites for hydroxylation is 1. The Hall–Kier alpha value is -3.07. The lowest BCUT2D eigenvalue weighted by Crippen LogP contribution is -2.30. The average molecular weight is 435 g/mol. The molecule has 0 unspecified atom stereocenters. The number of anilines is 2. The Kier molecular flexibility index (Phi) is 7.44. The molecule has 2 aromatic carbocycles. The lowest BCUT2D eigenvalue weighted by Gasteiger charge is -2.18. The Balaban J connectivity index is 2.02. The topological polar surface area (TPSA) is 102 Å². The number of ether oxygens (including phenoxy) is 2. The van der Waals surface area contributed by atoms with Crippen molar-refractivity contribution in [1.82, 2.24) is 0 Å². The van der Waals surface area contributed by atoms with E-state index >= 15 is 0 Å². The molecule has 0 spiro atoms. The molecule has 2 aromatic rings. The van der Waals surface area contributed by atoms with E-state index in [0.29, 0.717) is 28.3 Å². The number of hydrogen-bond donors (Lipinski definition) is 1. The standard InChI is InChI=1S/C21H26N2O6S/c1-6-28-21(25)16-7-12-19(14(2)13-16)22-20(24)15(3)29-18-10-8-17(9-11-18)23(4)30(5,26)27/h7-13,15H,6H2,1-5H3,(H,22,24)/t15-/m1/s1. The van der Waals surface area contributed by atoms with Crippen LogP contribution in [0.1, 0.15) is 29.8 Å². The van der Waals surface area contributed by atoms with E-state index in [9.17, 15) is 18.0 Å². The number of rotatable bonds is 8. The van der Waals surface area contributed by atoms with Crippen LogP contribution in [-0.4, -0.2) is 46.3 Å². The molecule has 0 aliphatic rings. The monoisotopic (exact) mass is 434 g/mol. The minimum absolute atomic E-state index is 0.288. The number of sulfonamides is 1. The number of nitrogens with one attached hydrogen (secondary N) is 1. The van der Waals surface area contributed by atoms with E-state index in [1.807, 2.05) is 0 Å². The van der Waals surface area contributed by atoms with Crippen molar-refractivity contribution in [3.63, 3.8) is 0 Å². The van der Waals surface area contributed by atoms with Crippen molar-refractivity contribution >= 4 is 33.3 Å². The molecule has 0 aliphatic carbocycles. The third kappa shape index (κ3) is 5.96. The first-order valence-corrected chi connectivity index (χ1v) is 11.2. The molecule has 1 amide bonds. The summed E-state index contributed by atoms with van der Waals surface area (Å²) < 4.78 is 34.9. The fourth-order valence-electron chi connectivity index (χ4n) is 2.56. The molecule has 0 fully saturated rings. The molecule has 0 aromatic heterocycles. The maximum Gasteiger partial charge on any atom is 0.338 e. The zero-order valence-corrected chi connectivity index (χ0v) is 18.4. The van der Waals surface area contributed by atoms with Crippen LogP contribution >= 0.6 is 0 Å². The van der Waals surface area contributed by atoms with Gasteiger partial charge < -0.3 is 14.8 Å². The molecule has 9 heteroatoms. The van der Waals surface area contributed by atoms with Gasteiger partial charge in [-0.3, -0.25) is 9.10 Å². The highest BCUT2D eigenvalue weighted by atomic mass is 32.2. The fraction of sp³-hybridized carbons (Fsp3) is 0.333. The van der Waals surface area contributed by atoms with E-state index in [1.54, 1.807) is 63.2 Å². The second-order valence-electron chi connectivity index (χ2n) is 6.72. The van der Waals surface area contributed by atoms with E-state index in [2.05, 4.69) is 5.32 Å². The van der Waals surface area contributed by atoms with Crippen molar-refractivity contribution < 1.29 is 27.5 Å². The molecule has 30 heavy (non-hydrogen) atoms. The van der Waals surface area contributed by atoms with Crippen LogP contribution < -0.4 is 14.4 Å². The molecular weight excluding hydrogens is 408 g/mol. The fourth-order valence-corrected chi connectivity index (χ4v) is 3.07. The lowest BCUT2D eigenvalue weighted by atomic mass is 10.1. The molecule has 1 atom stereocenters. The first kappa shape index (κ1) is 23.2. The van der Waals surface area contributed by atoms with E-state index < -0.39 is 22.1 Å². The predicted molar refractivity (Wildman–Crippen MR) is 116 cm³/mol. The molecule has 1 N–H and O–H groups in total. The van der Waals surface area contributed by atoms with Crippen LogP contribution in [0.3, 0.4) is 0 Å². The van der Waals surface area contributed by atoms with Gasteiger partial charge in [-0.2, -0.15) is 0 Å². The maximum absolute atomic E-state index is 12.5. The summed E-state index contributed by atoms with van der Waals surface area (Å²) in [5.41, 5.74) is 2.18. The molecule has 8 nitrogen and oxygen atoms in total. The summed E-state index contributed by atoms with van der Waals surface area (Å²) >= 11 is 0. The Morgan fingerprint density at radius 2 is 1.77 bits per heavy atom. The number of carbonyl (C=O) groups is 2. The molecule has 0 bridgehead atoms. The normalized spacial score (nSPS) is 12.0. The van der Waals surface area contributed by atoms with Crippen molar-refractivity contribution in [2.45, 2.75) is 26.9 Å². The van der Waals surface area contributed by atoms with Crippen LogP contribution in [0.5, 0.6) is 5.75 Å². The van der Waals surface area contributed by atoms with Gasteiger partial charge in [0.05, 0.1) is 24.1 Å². The zero-order valence-electron chi connectivity index (χ0n) is 17.6. The van der Waals surface area contributed by atoms with Gasteiger partial charge in [0.1, 0.15) is 5.75 Å². The van der Waals surface area contributed by atoms with Crippen LogP contribution in [0.25, 0.3) is 0 Å². The van der Waals surface area contributed by atoms with Crippen LogP contribution in [0, 0.1) is 6.92 Å². The first-order chi connectivity index (χ1) is 14.0. The molecule has 0 aliphatic heterocycles. The summed E-state index contributed by atoms with van der Waals surface area (Å²) in [5.74, 6) is -0.350. The van der Waals surface area contributed by atoms with E-state index in [4.69, 9.17) is 9.47 Å². The van der Waals surface area contributed by atoms with Crippen LogP contribution in [0.2, 0.25) is 0 Å². The highest BCUT2D eigenvalue weighted by Crippen LogP contribution is 2.22. The van der Waals surface area contributed by atoms with Crippen molar-refractivity contribution in [3.05, 3.63) is 53.6 Å². The summed E-state index contributed by atoms with van der Waals surface area (Å²) in [4.78, 5) is 24.3. The highest BCUT2D eigenvalue weighted by molar-refractivity contribution is 7.92. The summed E-state index contributed by atoms with van der Waals surface area (Å²) in [6, 6.07) is 11.3. The first-order valence-electron chi connectivity index (χ1n) is 9.32. The second-order valence-corrected chi connectivity index (χ2v) is 8.74. The number of hydrogen-bond acceptors (Lipinski definition) is 6. The average Bonchev–Trinajstić information content (AvgIpc) is 2.68.